The van der Waals surface area contributed by atoms with Crippen molar-refractivity contribution in [2.75, 3.05) is 46.3 Å². The molecule has 4 rings (SSSR count). The second-order valence-electron chi connectivity index (χ2n) is 6.93. The number of piperazine rings is 3. The SMILES string of the molecule is CN=C(NCC1CN2CCN1CC2)NC(C)c1cccc(C(F)(F)F)c1. The van der Waals surface area contributed by atoms with Gasteiger partial charge < -0.3 is 10.6 Å². The van der Waals surface area contributed by atoms with Crippen LogP contribution in [0.15, 0.2) is 29.3 Å². The second kappa shape index (κ2) is 7.84. The Morgan fingerprint density at radius 3 is 2.58 bits per heavy atom. The molecule has 3 saturated heterocycles. The molecule has 5 nitrogen and oxygen atoms in total. The van der Waals surface area contributed by atoms with E-state index >= 15 is 0 Å². The van der Waals surface area contributed by atoms with Crippen molar-refractivity contribution in [2.24, 2.45) is 4.99 Å². The number of alkyl halides is 3. The highest BCUT2D eigenvalue weighted by molar-refractivity contribution is 5.80. The molecule has 2 atom stereocenters. The number of aliphatic imine (C=N–C) groups is 1. The summed E-state index contributed by atoms with van der Waals surface area (Å²) >= 11 is 0. The molecule has 0 aliphatic carbocycles. The molecule has 1 aromatic carbocycles. The number of nitrogens with one attached hydrogen (secondary N) is 2. The molecule has 26 heavy (non-hydrogen) atoms. The first kappa shape index (κ1) is 19.0. The van der Waals surface area contributed by atoms with Gasteiger partial charge in [0.25, 0.3) is 0 Å². The number of rotatable bonds is 4. The Hall–Kier alpha value is -1.80. The van der Waals surface area contributed by atoms with Gasteiger partial charge in [0.2, 0.25) is 0 Å². The molecule has 2 bridgehead atoms. The quantitative estimate of drug-likeness (QED) is 0.629. The maximum atomic E-state index is 12.9. The highest BCUT2D eigenvalue weighted by Gasteiger charge is 2.32. The molecular weight excluding hydrogens is 343 g/mol. The molecule has 3 aliphatic heterocycles. The van der Waals surface area contributed by atoms with Crippen LogP contribution < -0.4 is 10.6 Å². The molecule has 0 amide bonds. The normalized spacial score (nSPS) is 27.3. The van der Waals surface area contributed by atoms with Crippen LogP contribution in [-0.2, 0) is 6.18 Å². The standard InChI is InChI=1S/C18H26F3N5/c1-13(14-4-3-5-15(10-14)18(19,20)21)24-17(22-2)23-11-16-12-25-6-8-26(16)9-7-25/h3-5,10,13,16H,6-9,11-12H2,1-2H3,(H2,22,23,24). The Balaban J connectivity index is 1.56. The van der Waals surface area contributed by atoms with Gasteiger partial charge in [-0.05, 0) is 24.6 Å². The largest absolute Gasteiger partial charge is 0.416 e. The van der Waals surface area contributed by atoms with Crippen LogP contribution in [0, 0.1) is 0 Å². The second-order valence-corrected chi connectivity index (χ2v) is 6.93. The van der Waals surface area contributed by atoms with E-state index < -0.39 is 11.7 Å². The fourth-order valence-electron chi connectivity index (χ4n) is 3.60. The van der Waals surface area contributed by atoms with Gasteiger partial charge in [0.15, 0.2) is 5.96 Å². The number of halogens is 3. The van der Waals surface area contributed by atoms with E-state index in [1.54, 1.807) is 13.1 Å². The summed E-state index contributed by atoms with van der Waals surface area (Å²) in [7, 11) is 1.67. The lowest BCUT2D eigenvalue weighted by Crippen LogP contribution is -2.63. The molecule has 3 heterocycles. The maximum absolute atomic E-state index is 12.9. The van der Waals surface area contributed by atoms with E-state index in [-0.39, 0.29) is 6.04 Å². The fraction of sp³-hybridized carbons (Fsp3) is 0.611. The van der Waals surface area contributed by atoms with E-state index in [1.165, 1.54) is 12.1 Å². The first-order valence-electron chi connectivity index (χ1n) is 8.97. The van der Waals surface area contributed by atoms with Gasteiger partial charge in [0, 0.05) is 52.4 Å². The van der Waals surface area contributed by atoms with Crippen LogP contribution in [0.4, 0.5) is 13.2 Å². The van der Waals surface area contributed by atoms with Gasteiger partial charge in [-0.25, -0.2) is 0 Å². The topological polar surface area (TPSA) is 42.9 Å². The minimum absolute atomic E-state index is 0.282. The van der Waals surface area contributed by atoms with E-state index in [0.29, 0.717) is 17.6 Å². The van der Waals surface area contributed by atoms with E-state index in [0.717, 1.165) is 45.3 Å². The molecule has 8 heteroatoms. The summed E-state index contributed by atoms with van der Waals surface area (Å²) in [6.45, 7) is 8.11. The monoisotopic (exact) mass is 369 g/mol. The lowest BCUT2D eigenvalue weighted by Gasteiger charge is -2.47. The molecule has 0 aromatic heterocycles. The minimum Gasteiger partial charge on any atom is -0.355 e. The number of nitrogens with zero attached hydrogens (tertiary/aromatic N) is 3. The van der Waals surface area contributed by atoms with Gasteiger partial charge in [-0.2, -0.15) is 13.2 Å². The Morgan fingerprint density at radius 2 is 2.00 bits per heavy atom. The third-order valence-electron chi connectivity index (χ3n) is 5.19. The molecule has 1 aromatic rings. The predicted molar refractivity (Wildman–Crippen MR) is 96.2 cm³/mol. The van der Waals surface area contributed by atoms with Crippen molar-refractivity contribution < 1.29 is 13.2 Å². The average Bonchev–Trinajstić information content (AvgIpc) is 2.65. The van der Waals surface area contributed by atoms with Gasteiger partial charge in [-0.15, -0.1) is 0 Å². The highest BCUT2D eigenvalue weighted by atomic mass is 19.4. The van der Waals surface area contributed by atoms with E-state index in [9.17, 15) is 13.2 Å². The Labute approximate surface area is 152 Å². The summed E-state index contributed by atoms with van der Waals surface area (Å²) in [6.07, 6.45) is -4.33. The van der Waals surface area contributed by atoms with Crippen LogP contribution >= 0.6 is 0 Å². The molecule has 144 valence electrons. The van der Waals surface area contributed by atoms with E-state index in [4.69, 9.17) is 0 Å². The molecule has 2 unspecified atom stereocenters. The van der Waals surface area contributed by atoms with Crippen LogP contribution in [0.1, 0.15) is 24.1 Å². The molecule has 3 aliphatic rings. The van der Waals surface area contributed by atoms with E-state index in [2.05, 4.69) is 25.4 Å². The van der Waals surface area contributed by atoms with Gasteiger partial charge in [0.05, 0.1) is 11.6 Å². The van der Waals surface area contributed by atoms with Gasteiger partial charge >= 0.3 is 6.18 Å². The summed E-state index contributed by atoms with van der Waals surface area (Å²) in [5, 5.41) is 6.50. The van der Waals surface area contributed by atoms with Crippen LogP contribution in [0.2, 0.25) is 0 Å². The zero-order valence-corrected chi connectivity index (χ0v) is 15.2. The third-order valence-corrected chi connectivity index (χ3v) is 5.19. The van der Waals surface area contributed by atoms with E-state index in [1.807, 2.05) is 6.92 Å². The minimum atomic E-state index is -4.33. The number of hydrogen-bond donors (Lipinski definition) is 2. The molecule has 2 N–H and O–H groups in total. The molecule has 0 saturated carbocycles. The first-order valence-corrected chi connectivity index (χ1v) is 8.97. The van der Waals surface area contributed by atoms with Crippen LogP contribution in [-0.4, -0.2) is 68.1 Å². The zero-order valence-electron chi connectivity index (χ0n) is 15.2. The van der Waals surface area contributed by atoms with Gasteiger partial charge in [-0.1, -0.05) is 12.1 Å². The fourth-order valence-corrected chi connectivity index (χ4v) is 3.60. The van der Waals surface area contributed by atoms with Crippen molar-refractivity contribution in [2.45, 2.75) is 25.2 Å². The van der Waals surface area contributed by atoms with Crippen molar-refractivity contribution >= 4 is 5.96 Å². The van der Waals surface area contributed by atoms with Crippen LogP contribution in [0.5, 0.6) is 0 Å². The molecule has 0 spiro atoms. The van der Waals surface area contributed by atoms with Crippen molar-refractivity contribution in [3.63, 3.8) is 0 Å². The van der Waals surface area contributed by atoms with Crippen molar-refractivity contribution in [1.29, 1.82) is 0 Å². The summed E-state index contributed by atoms with van der Waals surface area (Å²) in [5.41, 5.74) is -0.0546. The van der Waals surface area contributed by atoms with Crippen molar-refractivity contribution in [1.82, 2.24) is 20.4 Å². The number of hydrogen-bond acceptors (Lipinski definition) is 3. The zero-order chi connectivity index (χ0) is 18.7. The first-order chi connectivity index (χ1) is 12.4. The summed E-state index contributed by atoms with van der Waals surface area (Å²) < 4.78 is 38.7. The molecule has 0 radical (unpaired) electrons. The summed E-state index contributed by atoms with van der Waals surface area (Å²) in [6, 6.07) is 5.57. The van der Waals surface area contributed by atoms with Crippen LogP contribution in [0.25, 0.3) is 0 Å². The highest BCUT2D eigenvalue weighted by Crippen LogP contribution is 2.30. The van der Waals surface area contributed by atoms with Gasteiger partial charge in [-0.3, -0.25) is 14.8 Å². The maximum Gasteiger partial charge on any atom is 0.416 e. The Kier molecular flexibility index (Phi) is 5.72. The Bertz CT molecular complexity index is 638. The lowest BCUT2D eigenvalue weighted by atomic mass is 10.0. The lowest BCUT2D eigenvalue weighted by molar-refractivity contribution is -0.137. The van der Waals surface area contributed by atoms with Gasteiger partial charge in [0.1, 0.15) is 0 Å². The third kappa shape index (κ3) is 4.48. The van der Waals surface area contributed by atoms with Crippen LogP contribution in [0.3, 0.4) is 0 Å². The summed E-state index contributed by atoms with van der Waals surface area (Å²) in [4.78, 5) is 9.16. The number of benzene rings is 1. The van der Waals surface area contributed by atoms with Crippen molar-refractivity contribution in [3.8, 4) is 0 Å². The average molecular weight is 369 g/mol. The Morgan fingerprint density at radius 1 is 1.27 bits per heavy atom. The molecular formula is C18H26F3N5. The predicted octanol–water partition coefficient (Wildman–Crippen LogP) is 1.93. The number of fused-ring (bicyclic) bond motifs is 3. The smallest absolute Gasteiger partial charge is 0.355 e. The number of guanidine groups is 1. The summed E-state index contributed by atoms with van der Waals surface area (Å²) in [5.74, 6) is 0.604. The van der Waals surface area contributed by atoms with Crippen molar-refractivity contribution in [3.05, 3.63) is 35.4 Å². The molecule has 3 fully saturated rings.